The summed E-state index contributed by atoms with van der Waals surface area (Å²) in [7, 11) is 0. The lowest BCUT2D eigenvalue weighted by molar-refractivity contribution is -0.161. The molecule has 0 spiro atoms. The van der Waals surface area contributed by atoms with Crippen LogP contribution in [-0.2, 0) is 24.4 Å². The van der Waals surface area contributed by atoms with E-state index in [1.165, 1.54) is 4.68 Å². The number of fused-ring (bicyclic) bond motifs is 1. The first kappa shape index (κ1) is 28.6. The molecule has 1 fully saturated rings. The van der Waals surface area contributed by atoms with Crippen LogP contribution in [0.25, 0.3) is 22.0 Å². The van der Waals surface area contributed by atoms with E-state index in [0.717, 1.165) is 27.8 Å². The molecule has 1 unspecified atom stereocenters. The first-order valence-electron chi connectivity index (χ1n) is 13.3. The molecule has 2 heterocycles. The van der Waals surface area contributed by atoms with Crippen molar-refractivity contribution in [2.75, 3.05) is 37.7 Å². The molecule has 1 atom stereocenters. The van der Waals surface area contributed by atoms with Gasteiger partial charge in [0.25, 0.3) is 0 Å². The van der Waals surface area contributed by atoms with Crippen molar-refractivity contribution in [3.63, 3.8) is 0 Å². The first-order chi connectivity index (χ1) is 18.2. The van der Waals surface area contributed by atoms with E-state index >= 15 is 0 Å². The van der Waals surface area contributed by atoms with Crippen LogP contribution in [0, 0.1) is 0 Å². The number of ether oxygens (including phenoxy) is 3. The van der Waals surface area contributed by atoms with Crippen molar-refractivity contribution in [2.45, 2.75) is 65.1 Å². The van der Waals surface area contributed by atoms with Gasteiger partial charge in [-0.25, -0.2) is 4.79 Å². The molecule has 2 aromatic carbocycles. The summed E-state index contributed by atoms with van der Waals surface area (Å²) >= 11 is 0. The average molecular weight is 537 g/mol. The number of hydrogen-bond acceptors (Lipinski definition) is 8. The largest absolute Gasteiger partial charge is 0.459 e. The van der Waals surface area contributed by atoms with Gasteiger partial charge >= 0.3 is 12.1 Å². The number of aromatic nitrogens is 2. The van der Waals surface area contributed by atoms with E-state index in [0.29, 0.717) is 31.8 Å². The monoisotopic (exact) mass is 536 g/mol. The van der Waals surface area contributed by atoms with Crippen LogP contribution >= 0.6 is 0 Å². The molecule has 3 aromatic rings. The number of rotatable bonds is 5. The minimum Gasteiger partial charge on any atom is -0.459 e. The molecule has 210 valence electrons. The lowest BCUT2D eigenvalue weighted by Crippen LogP contribution is -2.44. The van der Waals surface area contributed by atoms with E-state index in [1.807, 2.05) is 84.9 Å². The Morgan fingerprint density at radius 2 is 1.54 bits per heavy atom. The number of esters is 1. The topological polar surface area (TPSA) is 109 Å². The van der Waals surface area contributed by atoms with Gasteiger partial charge in [-0.3, -0.25) is 4.79 Å². The quantitative estimate of drug-likeness (QED) is 0.460. The molecule has 0 radical (unpaired) electrons. The maximum atomic E-state index is 13.1. The second kappa shape index (κ2) is 10.6. The lowest BCUT2D eigenvalue weighted by Gasteiger charge is -2.32. The Balaban J connectivity index is 1.77. The zero-order valence-electron chi connectivity index (χ0n) is 24.0. The van der Waals surface area contributed by atoms with Gasteiger partial charge in [0.05, 0.1) is 30.6 Å². The number of nitrogens with two attached hydrogens (primary N) is 1. The maximum Gasteiger partial charge on any atom is 0.435 e. The van der Waals surface area contributed by atoms with Gasteiger partial charge in [-0.2, -0.15) is 9.78 Å². The zero-order valence-corrected chi connectivity index (χ0v) is 24.0. The smallest absolute Gasteiger partial charge is 0.435 e. The summed E-state index contributed by atoms with van der Waals surface area (Å²) in [4.78, 5) is 28.2. The highest BCUT2D eigenvalue weighted by Crippen LogP contribution is 2.39. The predicted octanol–water partition coefficient (Wildman–Crippen LogP) is 4.88. The third-order valence-corrected chi connectivity index (χ3v) is 6.71. The van der Waals surface area contributed by atoms with Crippen LogP contribution < -0.4 is 10.6 Å². The number of morpholine rings is 1. The number of benzene rings is 2. The van der Waals surface area contributed by atoms with Gasteiger partial charge in [0.1, 0.15) is 16.6 Å². The van der Waals surface area contributed by atoms with E-state index in [9.17, 15) is 9.59 Å². The molecular weight excluding hydrogens is 496 g/mol. The van der Waals surface area contributed by atoms with Crippen molar-refractivity contribution in [1.29, 1.82) is 0 Å². The van der Waals surface area contributed by atoms with Crippen LogP contribution in [-0.4, -0.2) is 65.9 Å². The maximum absolute atomic E-state index is 13.1. The lowest BCUT2D eigenvalue weighted by atomic mass is 9.81. The normalized spacial score (nSPS) is 16.2. The van der Waals surface area contributed by atoms with Gasteiger partial charge < -0.3 is 24.8 Å². The summed E-state index contributed by atoms with van der Waals surface area (Å²) < 4.78 is 18.2. The number of carbonyl (C=O) groups excluding carboxylic acids is 2. The Bertz CT molecular complexity index is 1340. The number of anilines is 1. The summed E-state index contributed by atoms with van der Waals surface area (Å²) in [6, 6.07) is 11.8. The van der Waals surface area contributed by atoms with Crippen LogP contribution in [0.15, 0.2) is 42.6 Å². The second-order valence-corrected chi connectivity index (χ2v) is 12.1. The second-order valence-electron chi connectivity index (χ2n) is 12.1. The van der Waals surface area contributed by atoms with Gasteiger partial charge in [0, 0.05) is 30.6 Å². The molecule has 1 aliphatic rings. The van der Waals surface area contributed by atoms with Gasteiger partial charge in [0.15, 0.2) is 0 Å². The number of nitrogens with zero attached hydrogens (tertiary/aromatic N) is 3. The highest BCUT2D eigenvalue weighted by atomic mass is 16.6. The van der Waals surface area contributed by atoms with Crippen molar-refractivity contribution in [3.8, 4) is 11.1 Å². The van der Waals surface area contributed by atoms with Crippen molar-refractivity contribution >= 4 is 28.7 Å². The SMILES string of the molecule is CC(C)(C)OC(=O)n1ncc2c(N3CCOCC3)c(-c3ccc(C(C)(CN)C(=O)OC(C)(C)C)cc3)ccc21. The highest BCUT2D eigenvalue weighted by Gasteiger charge is 2.38. The van der Waals surface area contributed by atoms with E-state index < -0.39 is 22.7 Å². The molecule has 0 aliphatic carbocycles. The zero-order chi connectivity index (χ0) is 28.6. The third kappa shape index (κ3) is 6.09. The van der Waals surface area contributed by atoms with Crippen LogP contribution in [0.1, 0.15) is 54.0 Å². The summed E-state index contributed by atoms with van der Waals surface area (Å²) in [5.41, 5.74) is 8.27. The predicted molar refractivity (Wildman–Crippen MR) is 152 cm³/mol. The summed E-state index contributed by atoms with van der Waals surface area (Å²) in [5, 5.41) is 5.25. The molecule has 1 saturated heterocycles. The fourth-order valence-electron chi connectivity index (χ4n) is 4.63. The molecule has 0 amide bonds. The Hall–Kier alpha value is -3.43. The van der Waals surface area contributed by atoms with Crippen LogP contribution in [0.4, 0.5) is 10.5 Å². The van der Waals surface area contributed by atoms with E-state index in [1.54, 1.807) is 6.20 Å². The summed E-state index contributed by atoms with van der Waals surface area (Å²) in [6.45, 7) is 15.6. The third-order valence-electron chi connectivity index (χ3n) is 6.71. The Morgan fingerprint density at radius 1 is 0.923 bits per heavy atom. The van der Waals surface area contributed by atoms with Crippen molar-refractivity contribution in [1.82, 2.24) is 9.78 Å². The molecule has 0 saturated carbocycles. The molecule has 9 heteroatoms. The van der Waals surface area contributed by atoms with Crippen LogP contribution in [0.3, 0.4) is 0 Å². The molecular formula is C30H40N4O5. The van der Waals surface area contributed by atoms with Crippen molar-refractivity contribution in [2.24, 2.45) is 5.73 Å². The van der Waals surface area contributed by atoms with Crippen LogP contribution in [0.5, 0.6) is 0 Å². The fourth-order valence-corrected chi connectivity index (χ4v) is 4.63. The standard InChI is InChI=1S/C30H40N4O5/c1-28(2,3)38-26(35)30(7,19-31)21-10-8-20(9-11-21)22-12-13-24-23(25(22)33-14-16-37-17-15-33)18-32-34(24)27(36)39-29(4,5)6/h8-13,18H,14-17,19,31H2,1-7H3. The van der Waals surface area contributed by atoms with Crippen LogP contribution in [0.2, 0.25) is 0 Å². The Morgan fingerprint density at radius 3 is 2.10 bits per heavy atom. The Kier molecular flexibility index (Phi) is 7.78. The van der Waals surface area contributed by atoms with Gasteiger partial charge in [-0.15, -0.1) is 0 Å². The van der Waals surface area contributed by atoms with Gasteiger partial charge in [-0.1, -0.05) is 30.3 Å². The molecule has 4 rings (SSSR count). The minimum atomic E-state index is -0.975. The number of carbonyl (C=O) groups is 2. The van der Waals surface area contributed by atoms with Gasteiger partial charge in [0.2, 0.25) is 0 Å². The highest BCUT2D eigenvalue weighted by molar-refractivity contribution is 6.03. The molecule has 1 aromatic heterocycles. The average Bonchev–Trinajstić information content (AvgIpc) is 3.31. The summed E-state index contributed by atoms with van der Waals surface area (Å²) in [6.07, 6.45) is 1.20. The first-order valence-corrected chi connectivity index (χ1v) is 13.3. The van der Waals surface area contributed by atoms with Crippen molar-refractivity contribution in [3.05, 3.63) is 48.2 Å². The Labute approximate surface area is 230 Å². The van der Waals surface area contributed by atoms with Crippen molar-refractivity contribution < 1.29 is 23.8 Å². The van der Waals surface area contributed by atoms with Gasteiger partial charge in [-0.05, 0) is 65.7 Å². The number of hydrogen-bond donors (Lipinski definition) is 1. The van der Waals surface area contributed by atoms with E-state index in [2.05, 4.69) is 10.00 Å². The summed E-state index contributed by atoms with van der Waals surface area (Å²) in [5.74, 6) is -0.352. The molecule has 9 nitrogen and oxygen atoms in total. The van der Waals surface area contributed by atoms with E-state index in [-0.39, 0.29) is 12.5 Å². The minimum absolute atomic E-state index is 0.121. The molecule has 1 aliphatic heterocycles. The van der Waals surface area contributed by atoms with E-state index in [4.69, 9.17) is 19.9 Å². The molecule has 2 N–H and O–H groups in total. The fraction of sp³-hybridized carbons (Fsp3) is 0.500. The molecule has 0 bridgehead atoms. The molecule has 39 heavy (non-hydrogen) atoms.